The van der Waals surface area contributed by atoms with Crippen molar-refractivity contribution in [1.29, 1.82) is 0 Å². The highest BCUT2D eigenvalue weighted by Crippen LogP contribution is 2.45. The van der Waals surface area contributed by atoms with Gasteiger partial charge in [0, 0.05) is 27.6 Å². The third kappa shape index (κ3) is 5.60. The van der Waals surface area contributed by atoms with E-state index in [1.807, 2.05) is 6.08 Å². The Bertz CT molecular complexity index is 815. The summed E-state index contributed by atoms with van der Waals surface area (Å²) in [6.07, 6.45) is 6.49. The van der Waals surface area contributed by atoms with E-state index in [9.17, 15) is 9.18 Å². The monoisotopic (exact) mass is 441 g/mol. The van der Waals surface area contributed by atoms with Crippen molar-refractivity contribution >= 4 is 29.1 Å². The fraction of sp³-hybridized carbons (Fsp3) is 0.500. The summed E-state index contributed by atoms with van der Waals surface area (Å²) in [5.74, 6) is -1.44. The first kappa shape index (κ1) is 23.9. The van der Waals surface area contributed by atoms with Gasteiger partial charge >= 0.3 is 0 Å². The van der Waals surface area contributed by atoms with Crippen LogP contribution in [-0.4, -0.2) is 18.0 Å². The standard InChI is InChI=1S/C22H30Cl2FN3O/c1-13(23)7-5-6-8-16-19(20(26)29)28-18(12-21(2,3)4)22(16,27)15-10-9-14(24)11-17(15)25/h5-7,9-11,16,18-19,28H,8,12,27H2,1-4H3,(H2,26,29)/b6-5-,13-7+/t16-,18-,19+,22-/m0/s1. The second kappa shape index (κ2) is 9.17. The van der Waals surface area contributed by atoms with E-state index >= 15 is 0 Å². The molecule has 1 aliphatic heterocycles. The maximum Gasteiger partial charge on any atom is 0.234 e. The van der Waals surface area contributed by atoms with E-state index in [1.54, 1.807) is 31.2 Å². The van der Waals surface area contributed by atoms with Gasteiger partial charge in [-0.25, -0.2) is 4.39 Å². The lowest BCUT2D eigenvalue weighted by atomic mass is 9.69. The number of primary amides is 1. The lowest BCUT2D eigenvalue weighted by Crippen LogP contribution is -2.53. The molecule has 1 heterocycles. The largest absolute Gasteiger partial charge is 0.368 e. The van der Waals surface area contributed by atoms with Gasteiger partial charge < -0.3 is 16.8 Å². The highest BCUT2D eigenvalue weighted by molar-refractivity contribution is 6.30. The van der Waals surface area contributed by atoms with Crippen LogP contribution >= 0.6 is 23.2 Å². The first-order valence-corrected chi connectivity index (χ1v) is 10.4. The second-order valence-electron chi connectivity index (χ2n) is 8.95. The third-order valence-corrected chi connectivity index (χ3v) is 5.71. The quantitative estimate of drug-likeness (QED) is 0.564. The maximum atomic E-state index is 15.0. The first-order chi connectivity index (χ1) is 13.4. The summed E-state index contributed by atoms with van der Waals surface area (Å²) in [6.45, 7) is 8.00. The Balaban J connectivity index is 2.57. The van der Waals surface area contributed by atoms with Crippen molar-refractivity contribution in [3.8, 4) is 0 Å². The number of allylic oxidation sites excluding steroid dienone is 4. The van der Waals surface area contributed by atoms with E-state index in [2.05, 4.69) is 26.1 Å². The van der Waals surface area contributed by atoms with Crippen molar-refractivity contribution in [2.75, 3.05) is 0 Å². The Labute approximate surface area is 182 Å². The summed E-state index contributed by atoms with van der Waals surface area (Å²) < 4.78 is 15.0. The van der Waals surface area contributed by atoms with Gasteiger partial charge in [-0.1, -0.05) is 62.2 Å². The van der Waals surface area contributed by atoms with Crippen molar-refractivity contribution in [2.24, 2.45) is 22.8 Å². The first-order valence-electron chi connectivity index (χ1n) is 9.65. The van der Waals surface area contributed by atoms with Gasteiger partial charge in [0.1, 0.15) is 5.82 Å². The molecule has 5 N–H and O–H groups in total. The number of hydrogen-bond acceptors (Lipinski definition) is 3. The molecule has 2 rings (SSSR count). The fourth-order valence-electron chi connectivity index (χ4n) is 4.11. The molecule has 7 heteroatoms. The topological polar surface area (TPSA) is 81.1 Å². The average molecular weight is 442 g/mol. The summed E-state index contributed by atoms with van der Waals surface area (Å²) >= 11 is 11.8. The Morgan fingerprint density at radius 1 is 1.38 bits per heavy atom. The Kier molecular flexibility index (Phi) is 7.55. The molecular weight excluding hydrogens is 412 g/mol. The average Bonchev–Trinajstić information content (AvgIpc) is 2.83. The van der Waals surface area contributed by atoms with Gasteiger partial charge in [0.2, 0.25) is 5.91 Å². The van der Waals surface area contributed by atoms with E-state index in [0.29, 0.717) is 28.5 Å². The lowest BCUT2D eigenvalue weighted by Gasteiger charge is -2.39. The number of amides is 1. The van der Waals surface area contributed by atoms with Crippen LogP contribution in [-0.2, 0) is 10.3 Å². The van der Waals surface area contributed by atoms with Gasteiger partial charge in [0.25, 0.3) is 0 Å². The minimum atomic E-state index is -1.15. The van der Waals surface area contributed by atoms with Gasteiger partial charge in [-0.2, -0.15) is 0 Å². The Morgan fingerprint density at radius 3 is 2.55 bits per heavy atom. The van der Waals surface area contributed by atoms with Gasteiger partial charge in [0.05, 0.1) is 11.6 Å². The summed E-state index contributed by atoms with van der Waals surface area (Å²) in [5, 5.41) is 4.22. The van der Waals surface area contributed by atoms with Crippen molar-refractivity contribution in [1.82, 2.24) is 5.32 Å². The molecule has 4 nitrogen and oxygen atoms in total. The van der Waals surface area contributed by atoms with E-state index in [0.717, 1.165) is 0 Å². The van der Waals surface area contributed by atoms with E-state index in [-0.39, 0.29) is 11.5 Å². The Morgan fingerprint density at radius 2 is 2.03 bits per heavy atom. The number of benzene rings is 1. The van der Waals surface area contributed by atoms with Crippen LogP contribution in [0.15, 0.2) is 41.5 Å². The molecule has 160 valence electrons. The Hall–Kier alpha value is -1.40. The lowest BCUT2D eigenvalue weighted by molar-refractivity contribution is -0.120. The summed E-state index contributed by atoms with van der Waals surface area (Å²) in [4.78, 5) is 12.3. The molecule has 4 atom stereocenters. The number of halogens is 3. The van der Waals surface area contributed by atoms with Crippen LogP contribution in [0.3, 0.4) is 0 Å². The van der Waals surface area contributed by atoms with Crippen molar-refractivity contribution < 1.29 is 9.18 Å². The van der Waals surface area contributed by atoms with E-state index in [4.69, 9.17) is 34.7 Å². The zero-order chi connectivity index (χ0) is 22.0. The molecule has 1 aromatic rings. The molecule has 1 aromatic carbocycles. The molecule has 1 aliphatic rings. The SMILES string of the molecule is C/C(Cl)=C\C=C/C[C@H]1[C@H](C(N)=O)N[C@@H](CC(C)(C)C)[C@]1(N)c1ccc(Cl)cc1F. The highest BCUT2D eigenvalue weighted by atomic mass is 35.5. The maximum absolute atomic E-state index is 15.0. The number of rotatable bonds is 6. The molecule has 0 radical (unpaired) electrons. The predicted octanol–water partition coefficient (Wildman–Crippen LogP) is 4.60. The van der Waals surface area contributed by atoms with Crippen LogP contribution in [0.2, 0.25) is 5.02 Å². The molecular formula is C22H30Cl2FN3O. The summed E-state index contributed by atoms with van der Waals surface area (Å²) in [5.41, 5.74) is 11.7. The highest BCUT2D eigenvalue weighted by Gasteiger charge is 2.56. The van der Waals surface area contributed by atoms with E-state index in [1.165, 1.54) is 6.07 Å². The van der Waals surface area contributed by atoms with Crippen molar-refractivity contribution in [3.05, 3.63) is 57.9 Å². The molecule has 1 fully saturated rings. The molecule has 29 heavy (non-hydrogen) atoms. The molecule has 1 saturated heterocycles. The number of nitrogens with one attached hydrogen (secondary N) is 1. The zero-order valence-electron chi connectivity index (χ0n) is 17.3. The number of nitrogens with two attached hydrogens (primary N) is 2. The third-order valence-electron chi connectivity index (χ3n) is 5.35. The van der Waals surface area contributed by atoms with Crippen LogP contribution in [0.5, 0.6) is 0 Å². The molecule has 0 bridgehead atoms. The summed E-state index contributed by atoms with van der Waals surface area (Å²) in [7, 11) is 0. The van der Waals surface area contributed by atoms with Gasteiger partial charge in [-0.15, -0.1) is 0 Å². The summed E-state index contributed by atoms with van der Waals surface area (Å²) in [6, 6.07) is 3.45. The van der Waals surface area contributed by atoms with Crippen LogP contribution in [0.4, 0.5) is 4.39 Å². The van der Waals surface area contributed by atoms with Gasteiger partial charge in [0.15, 0.2) is 0 Å². The number of hydrogen-bond donors (Lipinski definition) is 3. The minimum Gasteiger partial charge on any atom is -0.368 e. The van der Waals surface area contributed by atoms with Gasteiger partial charge in [-0.3, -0.25) is 4.79 Å². The van der Waals surface area contributed by atoms with Crippen molar-refractivity contribution in [3.63, 3.8) is 0 Å². The smallest absolute Gasteiger partial charge is 0.234 e. The van der Waals surface area contributed by atoms with Crippen LogP contribution in [0.25, 0.3) is 0 Å². The predicted molar refractivity (Wildman–Crippen MR) is 118 cm³/mol. The van der Waals surface area contributed by atoms with Crippen molar-refractivity contribution in [2.45, 2.75) is 58.2 Å². The molecule has 0 aliphatic carbocycles. The van der Waals surface area contributed by atoms with Crippen LogP contribution in [0, 0.1) is 17.2 Å². The number of carbonyl (C=O) groups is 1. The van der Waals surface area contributed by atoms with Crippen LogP contribution < -0.4 is 16.8 Å². The van der Waals surface area contributed by atoms with E-state index < -0.39 is 29.2 Å². The molecule has 0 saturated carbocycles. The second-order valence-corrected chi connectivity index (χ2v) is 9.98. The number of carbonyl (C=O) groups excluding carboxylic acids is 1. The molecule has 0 unspecified atom stereocenters. The normalized spacial score (nSPS) is 28.3. The molecule has 0 spiro atoms. The fourth-order valence-corrected chi connectivity index (χ4v) is 4.34. The van der Waals surface area contributed by atoms with Gasteiger partial charge in [-0.05, 0) is 43.4 Å². The molecule has 1 amide bonds. The zero-order valence-corrected chi connectivity index (χ0v) is 18.8. The molecule has 0 aromatic heterocycles. The minimum absolute atomic E-state index is 0.101. The van der Waals surface area contributed by atoms with Crippen LogP contribution in [0.1, 0.15) is 46.1 Å².